The van der Waals surface area contributed by atoms with Gasteiger partial charge in [-0.3, -0.25) is 4.90 Å². The van der Waals surface area contributed by atoms with Crippen molar-refractivity contribution in [1.29, 1.82) is 0 Å². The molecule has 2 heterocycles. The highest BCUT2D eigenvalue weighted by Crippen LogP contribution is 2.24. The molecular formula is C14H23BrN4. The molecule has 0 N–H and O–H groups in total. The third-order valence-corrected chi connectivity index (χ3v) is 4.31. The van der Waals surface area contributed by atoms with Crippen LogP contribution in [0.1, 0.15) is 39.4 Å². The van der Waals surface area contributed by atoms with E-state index in [0.717, 1.165) is 29.3 Å². The van der Waals surface area contributed by atoms with Crippen molar-refractivity contribution >= 4 is 21.7 Å². The summed E-state index contributed by atoms with van der Waals surface area (Å²) in [5.41, 5.74) is 0. The average molecular weight is 327 g/mol. The van der Waals surface area contributed by atoms with Crippen LogP contribution in [0.3, 0.4) is 0 Å². The number of piperazine rings is 1. The van der Waals surface area contributed by atoms with Gasteiger partial charge in [0, 0.05) is 37.2 Å². The summed E-state index contributed by atoms with van der Waals surface area (Å²) >= 11 is 3.50. The Hall–Kier alpha value is -0.680. The van der Waals surface area contributed by atoms with E-state index in [1.807, 2.05) is 6.07 Å². The topological polar surface area (TPSA) is 32.3 Å². The first-order valence-corrected chi connectivity index (χ1v) is 7.69. The normalized spacial score (nSPS) is 25.1. The van der Waals surface area contributed by atoms with E-state index in [2.05, 4.69) is 65.5 Å². The Bertz CT molecular complexity index is 437. The number of rotatable bonds is 2. The first-order valence-electron chi connectivity index (χ1n) is 6.90. The van der Waals surface area contributed by atoms with Crippen molar-refractivity contribution in [2.45, 2.75) is 45.7 Å². The van der Waals surface area contributed by atoms with E-state index in [1.54, 1.807) is 0 Å². The fourth-order valence-electron chi connectivity index (χ4n) is 2.43. The van der Waals surface area contributed by atoms with E-state index in [9.17, 15) is 0 Å². The molecule has 1 aliphatic heterocycles. The largest absolute Gasteiger partial charge is 0.353 e. The molecule has 4 nitrogen and oxygen atoms in total. The summed E-state index contributed by atoms with van der Waals surface area (Å²) in [4.78, 5) is 14.0. The van der Waals surface area contributed by atoms with Gasteiger partial charge in [0.25, 0.3) is 0 Å². The second-order valence-electron chi connectivity index (χ2n) is 5.83. The summed E-state index contributed by atoms with van der Waals surface area (Å²) < 4.78 is 0.875. The van der Waals surface area contributed by atoms with E-state index in [0.29, 0.717) is 18.0 Å². The van der Waals surface area contributed by atoms with Gasteiger partial charge in [0.1, 0.15) is 16.2 Å². The highest BCUT2D eigenvalue weighted by atomic mass is 79.9. The zero-order chi connectivity index (χ0) is 14.2. The third kappa shape index (κ3) is 3.26. The molecule has 1 saturated heterocycles. The van der Waals surface area contributed by atoms with Crippen molar-refractivity contribution in [3.63, 3.8) is 0 Å². The zero-order valence-electron chi connectivity index (χ0n) is 12.4. The van der Waals surface area contributed by atoms with Crippen LogP contribution < -0.4 is 4.90 Å². The highest BCUT2D eigenvalue weighted by Gasteiger charge is 2.27. The number of hydrogen-bond acceptors (Lipinski definition) is 4. The van der Waals surface area contributed by atoms with Crippen LogP contribution in [0.15, 0.2) is 10.7 Å². The highest BCUT2D eigenvalue weighted by molar-refractivity contribution is 9.10. The maximum atomic E-state index is 4.72. The number of halogens is 1. The molecule has 106 valence electrons. The van der Waals surface area contributed by atoms with Crippen molar-refractivity contribution in [3.8, 4) is 0 Å². The number of anilines is 1. The van der Waals surface area contributed by atoms with E-state index in [-0.39, 0.29) is 0 Å². The molecule has 0 aliphatic carbocycles. The Morgan fingerprint density at radius 2 is 1.79 bits per heavy atom. The molecule has 0 aromatic carbocycles. The van der Waals surface area contributed by atoms with Gasteiger partial charge in [-0.05, 0) is 36.8 Å². The minimum atomic E-state index is 0.346. The second kappa shape index (κ2) is 5.75. The van der Waals surface area contributed by atoms with Crippen LogP contribution >= 0.6 is 15.9 Å². The number of nitrogens with zero attached hydrogens (tertiary/aromatic N) is 4. The molecule has 1 fully saturated rings. The van der Waals surface area contributed by atoms with Crippen LogP contribution in [-0.4, -0.2) is 47.1 Å². The van der Waals surface area contributed by atoms with Crippen LogP contribution in [0, 0.1) is 0 Å². The van der Waals surface area contributed by atoms with Crippen molar-refractivity contribution in [3.05, 3.63) is 16.5 Å². The maximum absolute atomic E-state index is 4.72. The van der Waals surface area contributed by atoms with Gasteiger partial charge >= 0.3 is 0 Å². The van der Waals surface area contributed by atoms with Gasteiger partial charge in [0.05, 0.1) is 0 Å². The fourth-order valence-corrected chi connectivity index (χ4v) is 2.82. The molecule has 0 bridgehead atoms. The Morgan fingerprint density at radius 1 is 1.21 bits per heavy atom. The third-order valence-electron chi connectivity index (χ3n) is 3.90. The summed E-state index contributed by atoms with van der Waals surface area (Å²) in [6.07, 6.45) is 0. The molecule has 0 spiro atoms. The lowest BCUT2D eigenvalue weighted by atomic mass is 10.1. The minimum Gasteiger partial charge on any atom is -0.353 e. The summed E-state index contributed by atoms with van der Waals surface area (Å²) in [5.74, 6) is 2.29. The quantitative estimate of drug-likeness (QED) is 0.782. The Balaban J connectivity index is 2.26. The predicted octanol–water partition coefficient (Wildman–Crippen LogP) is 2.89. The van der Waals surface area contributed by atoms with Gasteiger partial charge in [0.15, 0.2) is 0 Å². The molecule has 0 radical (unpaired) electrons. The number of aromatic nitrogens is 2. The van der Waals surface area contributed by atoms with Crippen LogP contribution in [0.4, 0.5) is 5.82 Å². The van der Waals surface area contributed by atoms with Crippen LogP contribution in [0.5, 0.6) is 0 Å². The molecule has 1 aromatic rings. The van der Waals surface area contributed by atoms with E-state index in [1.165, 1.54) is 0 Å². The molecule has 0 amide bonds. The Kier molecular flexibility index (Phi) is 4.46. The van der Waals surface area contributed by atoms with Gasteiger partial charge in [-0.1, -0.05) is 13.8 Å². The maximum Gasteiger partial charge on any atom is 0.134 e. The van der Waals surface area contributed by atoms with Gasteiger partial charge in [-0.2, -0.15) is 0 Å². The van der Waals surface area contributed by atoms with E-state index < -0.39 is 0 Å². The smallest absolute Gasteiger partial charge is 0.134 e. The summed E-state index contributed by atoms with van der Waals surface area (Å²) in [6, 6.07) is 3.11. The minimum absolute atomic E-state index is 0.346. The molecule has 2 unspecified atom stereocenters. The lowest BCUT2D eigenvalue weighted by Gasteiger charge is -2.43. The van der Waals surface area contributed by atoms with Crippen molar-refractivity contribution < 1.29 is 0 Å². The molecule has 1 aromatic heterocycles. The van der Waals surface area contributed by atoms with Crippen LogP contribution in [-0.2, 0) is 0 Å². The van der Waals surface area contributed by atoms with Crippen molar-refractivity contribution in [2.24, 2.45) is 0 Å². The molecule has 19 heavy (non-hydrogen) atoms. The van der Waals surface area contributed by atoms with Gasteiger partial charge in [-0.15, -0.1) is 0 Å². The monoisotopic (exact) mass is 326 g/mol. The number of likely N-dealkylation sites (N-methyl/N-ethyl adjacent to an activating group) is 1. The van der Waals surface area contributed by atoms with Crippen molar-refractivity contribution in [1.82, 2.24) is 14.9 Å². The first-order chi connectivity index (χ1) is 8.88. The zero-order valence-corrected chi connectivity index (χ0v) is 14.0. The Morgan fingerprint density at radius 3 is 2.32 bits per heavy atom. The standard InChI is InChI=1S/C14H23BrN4/c1-9(2)14-16-12(15)6-13(17-14)19-7-10(3)18(5)11(4)8-19/h6,9-11H,7-8H2,1-5H3. The van der Waals surface area contributed by atoms with Crippen LogP contribution in [0.25, 0.3) is 0 Å². The molecule has 2 atom stereocenters. The SMILES string of the molecule is CC(C)c1nc(Br)cc(N2CC(C)N(C)C(C)C2)n1. The van der Waals surface area contributed by atoms with Gasteiger partial charge < -0.3 is 4.90 Å². The average Bonchev–Trinajstić information content (AvgIpc) is 2.34. The van der Waals surface area contributed by atoms with E-state index >= 15 is 0 Å². The fraction of sp³-hybridized carbons (Fsp3) is 0.714. The predicted molar refractivity (Wildman–Crippen MR) is 82.7 cm³/mol. The van der Waals surface area contributed by atoms with E-state index in [4.69, 9.17) is 4.98 Å². The van der Waals surface area contributed by atoms with Crippen molar-refractivity contribution in [2.75, 3.05) is 25.0 Å². The molecular weight excluding hydrogens is 304 g/mol. The lowest BCUT2D eigenvalue weighted by molar-refractivity contribution is 0.169. The van der Waals surface area contributed by atoms with Crippen LogP contribution in [0.2, 0.25) is 0 Å². The van der Waals surface area contributed by atoms with Gasteiger partial charge in [-0.25, -0.2) is 9.97 Å². The molecule has 5 heteroatoms. The molecule has 2 rings (SSSR count). The van der Waals surface area contributed by atoms with Gasteiger partial charge in [0.2, 0.25) is 0 Å². The number of hydrogen-bond donors (Lipinski definition) is 0. The lowest BCUT2D eigenvalue weighted by Crippen LogP contribution is -2.55. The molecule has 1 aliphatic rings. The second-order valence-corrected chi connectivity index (χ2v) is 6.64. The summed E-state index contributed by atoms with van der Waals surface area (Å²) in [5, 5.41) is 0. The summed E-state index contributed by atoms with van der Waals surface area (Å²) in [6.45, 7) is 10.8. The Labute approximate surface area is 124 Å². The molecule has 0 saturated carbocycles. The first kappa shape index (κ1) is 14.7. The summed E-state index contributed by atoms with van der Waals surface area (Å²) in [7, 11) is 2.20.